The van der Waals surface area contributed by atoms with Crippen LogP contribution in [0.1, 0.15) is 36.8 Å². The molecular weight excluding hydrogens is 394 g/mol. The van der Waals surface area contributed by atoms with Gasteiger partial charge in [-0.1, -0.05) is 13.8 Å². The van der Waals surface area contributed by atoms with Gasteiger partial charge in [-0.15, -0.1) is 0 Å². The molecule has 2 N–H and O–H groups in total. The molecule has 2 atom stereocenters. The lowest BCUT2D eigenvalue weighted by atomic mass is 10.1. The number of rotatable bonds is 7. The second-order valence-electron chi connectivity index (χ2n) is 7.65. The maximum atomic E-state index is 12.7. The summed E-state index contributed by atoms with van der Waals surface area (Å²) in [4.78, 5) is 12.7. The van der Waals surface area contributed by atoms with Crippen LogP contribution in [0.5, 0.6) is 5.75 Å². The molecule has 1 amide bonds. The first-order chi connectivity index (χ1) is 13.7. The number of carbonyl (C=O) groups excluding carboxylic acids is 1. The van der Waals surface area contributed by atoms with Crippen molar-refractivity contribution < 1.29 is 23.1 Å². The van der Waals surface area contributed by atoms with Crippen LogP contribution in [0.4, 0.5) is 0 Å². The quantitative estimate of drug-likeness (QED) is 0.704. The molecule has 3 rings (SSSR count). The maximum absolute atomic E-state index is 12.7. The molecule has 1 saturated heterocycles. The van der Waals surface area contributed by atoms with Crippen LogP contribution >= 0.6 is 0 Å². The van der Waals surface area contributed by atoms with E-state index in [-0.39, 0.29) is 41.8 Å². The zero-order chi connectivity index (χ0) is 21.2. The van der Waals surface area contributed by atoms with Gasteiger partial charge in [-0.2, -0.15) is 5.10 Å². The summed E-state index contributed by atoms with van der Waals surface area (Å²) >= 11 is 0. The fourth-order valence-electron chi connectivity index (χ4n) is 3.39. The number of methoxy groups -OCH3 is 1. The molecule has 158 valence electrons. The van der Waals surface area contributed by atoms with Crippen molar-refractivity contribution in [3.63, 3.8) is 0 Å². The maximum Gasteiger partial charge on any atom is 0.272 e. The van der Waals surface area contributed by atoms with Crippen molar-refractivity contribution in [2.75, 3.05) is 25.2 Å². The number of aliphatic hydroxyl groups excluding tert-OH is 1. The summed E-state index contributed by atoms with van der Waals surface area (Å²) in [5.74, 6) is 0.480. The Morgan fingerprint density at radius 2 is 2.03 bits per heavy atom. The van der Waals surface area contributed by atoms with Gasteiger partial charge >= 0.3 is 0 Å². The lowest BCUT2D eigenvalue weighted by Gasteiger charge is -2.19. The van der Waals surface area contributed by atoms with Gasteiger partial charge in [-0.3, -0.25) is 9.48 Å². The van der Waals surface area contributed by atoms with Crippen LogP contribution in [0.2, 0.25) is 0 Å². The molecule has 8 nitrogen and oxygen atoms in total. The van der Waals surface area contributed by atoms with Gasteiger partial charge in [0.05, 0.1) is 43.0 Å². The number of sulfone groups is 1. The first kappa shape index (κ1) is 21.3. The molecule has 9 heteroatoms. The van der Waals surface area contributed by atoms with Crippen LogP contribution in [-0.4, -0.2) is 60.5 Å². The van der Waals surface area contributed by atoms with Crippen LogP contribution < -0.4 is 10.1 Å². The van der Waals surface area contributed by atoms with E-state index in [1.807, 2.05) is 26.0 Å². The molecule has 0 bridgehead atoms. The fraction of sp³-hybridized carbons (Fsp3) is 0.500. The van der Waals surface area contributed by atoms with E-state index in [0.29, 0.717) is 17.9 Å². The van der Waals surface area contributed by atoms with Gasteiger partial charge in [-0.05, 0) is 42.7 Å². The zero-order valence-electron chi connectivity index (χ0n) is 16.8. The summed E-state index contributed by atoms with van der Waals surface area (Å²) in [5, 5.41) is 16.7. The molecule has 1 aliphatic heterocycles. The Kier molecular flexibility index (Phi) is 6.28. The minimum absolute atomic E-state index is 0.00412. The number of ether oxygens (including phenoxy) is 1. The van der Waals surface area contributed by atoms with Gasteiger partial charge < -0.3 is 15.2 Å². The molecule has 0 aliphatic carbocycles. The molecule has 2 heterocycles. The minimum atomic E-state index is -3.11. The Labute approximate surface area is 170 Å². The first-order valence-corrected chi connectivity index (χ1v) is 11.4. The highest BCUT2D eigenvalue weighted by molar-refractivity contribution is 7.91. The van der Waals surface area contributed by atoms with Gasteiger partial charge in [-0.25, -0.2) is 8.42 Å². The second kappa shape index (κ2) is 8.54. The lowest BCUT2D eigenvalue weighted by molar-refractivity contribution is 0.0890. The number of nitrogens with zero attached hydrogens (tertiary/aromatic N) is 2. The molecule has 1 fully saturated rings. The zero-order valence-corrected chi connectivity index (χ0v) is 17.6. The molecule has 2 aromatic rings. The van der Waals surface area contributed by atoms with E-state index in [0.717, 1.165) is 5.56 Å². The van der Waals surface area contributed by atoms with Gasteiger partial charge in [0.2, 0.25) is 0 Å². The summed E-state index contributed by atoms with van der Waals surface area (Å²) in [5.41, 5.74) is 1.67. The third-order valence-corrected chi connectivity index (χ3v) is 6.98. The van der Waals surface area contributed by atoms with Crippen LogP contribution in [0.15, 0.2) is 30.3 Å². The SMILES string of the molecule is COc1ccc(-c2cc(C(=O)N[C@H](CO)C(C)C)nn2[C@@H]2CCS(=O)(=O)C2)cc1. The molecule has 1 aromatic heterocycles. The predicted molar refractivity (Wildman–Crippen MR) is 110 cm³/mol. The number of benzene rings is 1. The number of hydrogen-bond acceptors (Lipinski definition) is 6. The van der Waals surface area contributed by atoms with Gasteiger partial charge in [0, 0.05) is 5.56 Å². The molecule has 0 saturated carbocycles. The van der Waals surface area contributed by atoms with Crippen molar-refractivity contribution >= 4 is 15.7 Å². The monoisotopic (exact) mass is 421 g/mol. The van der Waals surface area contributed by atoms with Crippen molar-refractivity contribution in [2.24, 2.45) is 5.92 Å². The van der Waals surface area contributed by atoms with Crippen molar-refractivity contribution in [1.82, 2.24) is 15.1 Å². The highest BCUT2D eigenvalue weighted by Gasteiger charge is 2.32. The Morgan fingerprint density at radius 3 is 2.55 bits per heavy atom. The van der Waals surface area contributed by atoms with E-state index >= 15 is 0 Å². The lowest BCUT2D eigenvalue weighted by Crippen LogP contribution is -2.41. The average Bonchev–Trinajstić information content (AvgIpc) is 3.29. The predicted octanol–water partition coefficient (Wildman–Crippen LogP) is 1.66. The highest BCUT2D eigenvalue weighted by Crippen LogP contribution is 2.31. The minimum Gasteiger partial charge on any atom is -0.497 e. The largest absolute Gasteiger partial charge is 0.497 e. The van der Waals surface area contributed by atoms with Crippen molar-refractivity contribution in [1.29, 1.82) is 0 Å². The van der Waals surface area contributed by atoms with E-state index in [9.17, 15) is 18.3 Å². The van der Waals surface area contributed by atoms with Crippen LogP contribution in [-0.2, 0) is 9.84 Å². The number of aliphatic hydroxyl groups is 1. The Morgan fingerprint density at radius 1 is 1.34 bits per heavy atom. The summed E-state index contributed by atoms with van der Waals surface area (Å²) in [6, 6.07) is 8.26. The fourth-order valence-corrected chi connectivity index (χ4v) is 5.09. The third kappa shape index (κ3) is 4.79. The number of amides is 1. The topological polar surface area (TPSA) is 111 Å². The van der Waals surface area contributed by atoms with Crippen LogP contribution in [0, 0.1) is 5.92 Å². The Bertz CT molecular complexity index is 967. The molecule has 29 heavy (non-hydrogen) atoms. The second-order valence-corrected chi connectivity index (χ2v) is 9.88. The summed E-state index contributed by atoms with van der Waals surface area (Å²) < 4.78 is 30.8. The van der Waals surface area contributed by atoms with E-state index < -0.39 is 15.7 Å². The van der Waals surface area contributed by atoms with Crippen molar-refractivity contribution in [3.05, 3.63) is 36.0 Å². The van der Waals surface area contributed by atoms with E-state index in [2.05, 4.69) is 10.4 Å². The summed E-state index contributed by atoms with van der Waals surface area (Å²) in [7, 11) is -1.53. The van der Waals surface area contributed by atoms with Crippen molar-refractivity contribution in [3.8, 4) is 17.0 Å². The molecule has 1 aromatic carbocycles. The highest BCUT2D eigenvalue weighted by atomic mass is 32.2. The normalized spacial score (nSPS) is 19.3. The smallest absolute Gasteiger partial charge is 0.272 e. The number of carbonyl (C=O) groups is 1. The number of hydrogen-bond donors (Lipinski definition) is 2. The van der Waals surface area contributed by atoms with Gasteiger partial charge in [0.1, 0.15) is 5.75 Å². The number of aromatic nitrogens is 2. The first-order valence-electron chi connectivity index (χ1n) is 9.60. The molecule has 0 spiro atoms. The van der Waals surface area contributed by atoms with E-state index in [1.54, 1.807) is 30.0 Å². The van der Waals surface area contributed by atoms with E-state index in [1.165, 1.54) is 0 Å². The van der Waals surface area contributed by atoms with Gasteiger partial charge in [0.25, 0.3) is 5.91 Å². The van der Waals surface area contributed by atoms with E-state index in [4.69, 9.17) is 4.74 Å². The average molecular weight is 422 g/mol. The Balaban J connectivity index is 1.97. The summed E-state index contributed by atoms with van der Waals surface area (Å²) in [6.07, 6.45) is 0.458. The summed E-state index contributed by atoms with van der Waals surface area (Å²) in [6.45, 7) is 3.65. The molecule has 0 radical (unpaired) electrons. The Hall–Kier alpha value is -2.39. The van der Waals surface area contributed by atoms with Crippen LogP contribution in [0.25, 0.3) is 11.3 Å². The molecule has 0 unspecified atom stereocenters. The molecule has 1 aliphatic rings. The number of nitrogens with one attached hydrogen (secondary N) is 1. The third-order valence-electron chi connectivity index (χ3n) is 5.23. The standard InChI is InChI=1S/C20H27N3O5S/c1-13(2)18(11-24)21-20(25)17-10-19(14-4-6-16(28-3)7-5-14)23(22-17)15-8-9-29(26,27)12-15/h4-7,10,13,15,18,24H,8-9,11-12H2,1-3H3,(H,21,25)/t15-,18-/m1/s1. The van der Waals surface area contributed by atoms with Crippen molar-refractivity contribution in [2.45, 2.75) is 32.4 Å². The van der Waals surface area contributed by atoms with Gasteiger partial charge in [0.15, 0.2) is 15.5 Å². The van der Waals surface area contributed by atoms with Crippen LogP contribution in [0.3, 0.4) is 0 Å². The molecular formula is C20H27N3O5S.